The molecule has 0 saturated carbocycles. The number of carboxylic acid groups (broad SMARTS) is 1. The molecule has 14 heavy (non-hydrogen) atoms. The van der Waals surface area contributed by atoms with Gasteiger partial charge in [-0.05, 0) is 25.7 Å². The van der Waals surface area contributed by atoms with E-state index in [1.807, 2.05) is 0 Å². The number of hydrogen-bond acceptors (Lipinski definition) is 4. The van der Waals surface area contributed by atoms with Gasteiger partial charge in [0.1, 0.15) is 0 Å². The van der Waals surface area contributed by atoms with Crippen LogP contribution in [0.1, 0.15) is 19.3 Å². The van der Waals surface area contributed by atoms with Crippen LogP contribution in [-0.2, 0) is 4.79 Å². The Morgan fingerprint density at radius 1 is 1.50 bits per heavy atom. The predicted molar refractivity (Wildman–Crippen MR) is 51.8 cm³/mol. The van der Waals surface area contributed by atoms with Crippen molar-refractivity contribution < 1.29 is 19.9 Å². The second kappa shape index (κ2) is 5.33. The van der Waals surface area contributed by atoms with E-state index in [1.54, 1.807) is 0 Å². The summed E-state index contributed by atoms with van der Waals surface area (Å²) < 4.78 is 0. The third kappa shape index (κ3) is 3.28. The summed E-state index contributed by atoms with van der Waals surface area (Å²) in [6.07, 6.45) is 2.31. The molecule has 1 unspecified atom stereocenters. The minimum atomic E-state index is -1.28. The van der Waals surface area contributed by atoms with Crippen molar-refractivity contribution in [1.82, 2.24) is 5.32 Å². The van der Waals surface area contributed by atoms with Gasteiger partial charge >= 0.3 is 13.1 Å². The Bertz CT molecular complexity index is 200. The fourth-order valence-electron chi connectivity index (χ4n) is 1.89. The van der Waals surface area contributed by atoms with Crippen LogP contribution in [0.2, 0.25) is 6.32 Å². The fraction of sp³-hybridized carbons (Fsp3) is 0.875. The number of aliphatic carboxylic acids is 1. The molecule has 1 saturated heterocycles. The molecule has 0 aliphatic carbocycles. The Hall–Kier alpha value is -0.585. The van der Waals surface area contributed by atoms with E-state index in [0.717, 1.165) is 6.54 Å². The van der Waals surface area contributed by atoms with Gasteiger partial charge in [-0.15, -0.1) is 0 Å². The van der Waals surface area contributed by atoms with Gasteiger partial charge < -0.3 is 20.5 Å². The molecule has 0 aromatic carbocycles. The largest absolute Gasteiger partial charge is 0.481 e. The van der Waals surface area contributed by atoms with Crippen molar-refractivity contribution >= 4 is 13.1 Å². The van der Waals surface area contributed by atoms with Crippen molar-refractivity contribution in [3.05, 3.63) is 0 Å². The zero-order valence-corrected chi connectivity index (χ0v) is 8.02. The van der Waals surface area contributed by atoms with E-state index in [1.165, 1.54) is 0 Å². The predicted octanol–water partition coefficient (Wildman–Crippen LogP) is -0.698. The Morgan fingerprint density at radius 2 is 2.21 bits per heavy atom. The monoisotopic (exact) mass is 201 g/mol. The van der Waals surface area contributed by atoms with Crippen LogP contribution in [0, 0.1) is 5.92 Å². The topological polar surface area (TPSA) is 89.8 Å². The Kier molecular flexibility index (Phi) is 4.38. The van der Waals surface area contributed by atoms with Crippen molar-refractivity contribution in [2.75, 3.05) is 6.54 Å². The molecule has 0 radical (unpaired) electrons. The lowest BCUT2D eigenvalue weighted by atomic mass is 9.82. The molecular formula is C8H16BNO4. The second-order valence-corrected chi connectivity index (χ2v) is 3.71. The van der Waals surface area contributed by atoms with Crippen molar-refractivity contribution in [1.29, 1.82) is 0 Å². The summed E-state index contributed by atoms with van der Waals surface area (Å²) in [7, 11) is -1.28. The molecule has 1 rings (SSSR count). The molecule has 4 N–H and O–H groups in total. The SMILES string of the molecule is O=C(O)[C@@H]1CCNC1CCCB(O)O. The van der Waals surface area contributed by atoms with E-state index in [-0.39, 0.29) is 12.0 Å². The highest BCUT2D eigenvalue weighted by Crippen LogP contribution is 2.20. The molecule has 0 spiro atoms. The number of carbonyl (C=O) groups is 1. The van der Waals surface area contributed by atoms with E-state index in [9.17, 15) is 4.79 Å². The molecule has 1 aliphatic rings. The van der Waals surface area contributed by atoms with Crippen LogP contribution < -0.4 is 5.32 Å². The highest BCUT2D eigenvalue weighted by molar-refractivity contribution is 6.40. The summed E-state index contributed by atoms with van der Waals surface area (Å²) in [5.41, 5.74) is 0. The van der Waals surface area contributed by atoms with Crippen LogP contribution in [0.15, 0.2) is 0 Å². The summed E-state index contributed by atoms with van der Waals surface area (Å²) in [4.78, 5) is 10.8. The maximum atomic E-state index is 10.8. The van der Waals surface area contributed by atoms with Gasteiger partial charge in [0.25, 0.3) is 0 Å². The maximum Gasteiger partial charge on any atom is 0.451 e. The van der Waals surface area contributed by atoms with Crippen LogP contribution in [0.3, 0.4) is 0 Å². The van der Waals surface area contributed by atoms with Crippen molar-refractivity contribution in [3.8, 4) is 0 Å². The summed E-state index contributed by atoms with van der Waals surface area (Å²) in [5.74, 6) is -1.07. The Morgan fingerprint density at radius 3 is 2.79 bits per heavy atom. The van der Waals surface area contributed by atoms with Gasteiger partial charge in [0, 0.05) is 6.04 Å². The molecule has 1 aliphatic heterocycles. The van der Waals surface area contributed by atoms with Crippen molar-refractivity contribution in [2.24, 2.45) is 5.92 Å². The number of hydrogen-bond donors (Lipinski definition) is 4. The average Bonchev–Trinajstić information content (AvgIpc) is 2.51. The molecule has 1 fully saturated rings. The summed E-state index contributed by atoms with van der Waals surface area (Å²) in [6, 6.07) is -0.00810. The molecule has 1 heterocycles. The maximum absolute atomic E-state index is 10.8. The van der Waals surface area contributed by atoms with E-state index in [4.69, 9.17) is 15.2 Å². The van der Waals surface area contributed by atoms with Crippen LogP contribution in [0.5, 0.6) is 0 Å². The minimum Gasteiger partial charge on any atom is -0.481 e. The lowest BCUT2D eigenvalue weighted by molar-refractivity contribution is -0.142. The molecule has 0 aromatic rings. The number of nitrogens with one attached hydrogen (secondary N) is 1. The molecule has 6 heteroatoms. The van der Waals surface area contributed by atoms with E-state index in [0.29, 0.717) is 25.6 Å². The van der Waals surface area contributed by atoms with E-state index < -0.39 is 13.1 Å². The number of carboxylic acids is 1. The van der Waals surface area contributed by atoms with Gasteiger partial charge in [-0.1, -0.05) is 6.42 Å². The average molecular weight is 201 g/mol. The van der Waals surface area contributed by atoms with Gasteiger partial charge in [-0.3, -0.25) is 4.79 Å². The summed E-state index contributed by atoms with van der Waals surface area (Å²) in [6.45, 7) is 0.739. The molecule has 2 atom stereocenters. The summed E-state index contributed by atoms with van der Waals surface area (Å²) >= 11 is 0. The van der Waals surface area contributed by atoms with Gasteiger partial charge in [-0.25, -0.2) is 0 Å². The lowest BCUT2D eigenvalue weighted by Gasteiger charge is -2.15. The quantitative estimate of drug-likeness (QED) is 0.441. The lowest BCUT2D eigenvalue weighted by Crippen LogP contribution is -2.31. The Labute approximate surface area is 83.3 Å². The smallest absolute Gasteiger partial charge is 0.451 e. The van der Waals surface area contributed by atoms with Crippen LogP contribution in [0.4, 0.5) is 0 Å². The zero-order chi connectivity index (χ0) is 10.6. The van der Waals surface area contributed by atoms with Gasteiger partial charge in [-0.2, -0.15) is 0 Å². The normalized spacial score (nSPS) is 26.4. The molecule has 0 amide bonds. The third-order valence-electron chi connectivity index (χ3n) is 2.64. The minimum absolute atomic E-state index is 0.00810. The zero-order valence-electron chi connectivity index (χ0n) is 8.02. The molecule has 0 bridgehead atoms. The van der Waals surface area contributed by atoms with Gasteiger partial charge in [0.15, 0.2) is 0 Å². The first-order chi connectivity index (χ1) is 6.61. The first-order valence-electron chi connectivity index (χ1n) is 4.93. The third-order valence-corrected chi connectivity index (χ3v) is 2.64. The fourth-order valence-corrected chi connectivity index (χ4v) is 1.89. The molecular weight excluding hydrogens is 185 g/mol. The standard InChI is InChI=1S/C8H16BNO4/c11-8(12)6-3-5-10-7(6)2-1-4-9(13)14/h6-7,10,13-14H,1-5H2,(H,11,12)/t6-,7?/m1/s1. The van der Waals surface area contributed by atoms with E-state index in [2.05, 4.69) is 5.32 Å². The van der Waals surface area contributed by atoms with Gasteiger partial charge in [0.05, 0.1) is 5.92 Å². The van der Waals surface area contributed by atoms with E-state index >= 15 is 0 Å². The first-order valence-corrected chi connectivity index (χ1v) is 4.93. The highest BCUT2D eigenvalue weighted by atomic mass is 16.4. The van der Waals surface area contributed by atoms with Gasteiger partial charge in [0.2, 0.25) is 0 Å². The molecule has 80 valence electrons. The molecule has 5 nitrogen and oxygen atoms in total. The Balaban J connectivity index is 2.26. The second-order valence-electron chi connectivity index (χ2n) is 3.71. The van der Waals surface area contributed by atoms with Crippen LogP contribution in [-0.4, -0.2) is 40.8 Å². The van der Waals surface area contributed by atoms with Crippen LogP contribution in [0.25, 0.3) is 0 Å². The first kappa shape index (κ1) is 11.5. The van der Waals surface area contributed by atoms with Crippen LogP contribution >= 0.6 is 0 Å². The summed E-state index contributed by atoms with van der Waals surface area (Å²) in [5, 5.41) is 29.2. The number of rotatable bonds is 5. The van der Waals surface area contributed by atoms with Crippen molar-refractivity contribution in [3.63, 3.8) is 0 Å². The molecule has 0 aromatic heterocycles. The highest BCUT2D eigenvalue weighted by Gasteiger charge is 2.31. The van der Waals surface area contributed by atoms with Crippen molar-refractivity contribution in [2.45, 2.75) is 31.6 Å².